The molecule has 9 heteroatoms. The Morgan fingerprint density at radius 3 is 2.84 bits per heavy atom. The molecule has 2 heterocycles. The smallest absolute Gasteiger partial charge is 0.408 e. The quantitative estimate of drug-likeness (QED) is 0.483. The number of oxazole rings is 1. The summed E-state index contributed by atoms with van der Waals surface area (Å²) in [5, 5.41) is 1.96. The molecule has 4 aromatic rings. The Kier molecular flexibility index (Phi) is 4.94. The fourth-order valence-electron chi connectivity index (χ4n) is 4.34. The van der Waals surface area contributed by atoms with E-state index >= 15 is 0 Å². The average Bonchev–Trinajstić information content (AvgIpc) is 3.38. The van der Waals surface area contributed by atoms with E-state index in [1.807, 2.05) is 13.0 Å². The van der Waals surface area contributed by atoms with Crippen LogP contribution in [0.3, 0.4) is 0 Å². The van der Waals surface area contributed by atoms with Crippen molar-refractivity contribution in [1.29, 1.82) is 0 Å². The second kappa shape index (κ2) is 7.65. The molecule has 1 aliphatic rings. The molecule has 0 spiro atoms. The number of hydrogen-bond acceptors (Lipinski definition) is 6. The van der Waals surface area contributed by atoms with Crippen molar-refractivity contribution in [3.63, 3.8) is 0 Å². The van der Waals surface area contributed by atoms with Crippen LogP contribution in [0.2, 0.25) is 0 Å². The number of nitrogens with zero attached hydrogens (tertiary/aromatic N) is 2. The molecular weight excluding hydrogens is 434 g/mol. The first-order chi connectivity index (χ1) is 14.9. The number of hydrogen-bond donors (Lipinski definition) is 1. The number of nitrogens with one attached hydrogen (secondary N) is 1. The summed E-state index contributed by atoms with van der Waals surface area (Å²) in [5.41, 5.74) is 4.58. The van der Waals surface area contributed by atoms with Gasteiger partial charge in [0.15, 0.2) is 10.7 Å². The van der Waals surface area contributed by atoms with Gasteiger partial charge in [0.2, 0.25) is 0 Å². The number of anilines is 1. The minimum absolute atomic E-state index is 0.0147. The van der Waals surface area contributed by atoms with Crippen molar-refractivity contribution in [2.75, 3.05) is 4.72 Å². The van der Waals surface area contributed by atoms with Gasteiger partial charge < -0.3 is 4.42 Å². The molecule has 0 radical (unpaired) electrons. The second-order valence-corrected chi connectivity index (χ2v) is 10.3. The standard InChI is InChI=1S/C22H21N3O4S2/c1-14(17-8-4-6-15-5-2-3-7-18(15)17)25-19-10-9-16(13-20(19)29-22(25)26)31(27,28)24-21-23-11-12-30-21/h4,6,8-14H,2-3,5,7H2,1H3,(H,23,24)/t14-/m1/s1. The Labute approximate surface area is 183 Å². The highest BCUT2D eigenvalue weighted by molar-refractivity contribution is 7.93. The lowest BCUT2D eigenvalue weighted by Crippen LogP contribution is -2.21. The predicted molar refractivity (Wildman–Crippen MR) is 120 cm³/mol. The summed E-state index contributed by atoms with van der Waals surface area (Å²) in [7, 11) is -3.84. The maximum absolute atomic E-state index is 12.8. The molecule has 2 aromatic carbocycles. The molecule has 2 aromatic heterocycles. The van der Waals surface area contributed by atoms with Crippen LogP contribution in [0.5, 0.6) is 0 Å². The molecule has 1 aliphatic carbocycles. The summed E-state index contributed by atoms with van der Waals surface area (Å²) in [6.07, 6.45) is 5.92. The molecule has 31 heavy (non-hydrogen) atoms. The number of sulfonamides is 1. The Hall–Kier alpha value is -2.91. The highest BCUT2D eigenvalue weighted by Crippen LogP contribution is 2.32. The Balaban J connectivity index is 1.56. The van der Waals surface area contributed by atoms with Crippen LogP contribution in [0.15, 0.2) is 62.1 Å². The van der Waals surface area contributed by atoms with Crippen molar-refractivity contribution in [3.8, 4) is 0 Å². The number of aryl methyl sites for hydroxylation is 1. The summed E-state index contributed by atoms with van der Waals surface area (Å²) in [6, 6.07) is 10.5. The number of fused-ring (bicyclic) bond motifs is 2. The molecule has 7 nitrogen and oxygen atoms in total. The van der Waals surface area contributed by atoms with Crippen LogP contribution in [-0.4, -0.2) is 18.0 Å². The molecule has 0 bridgehead atoms. The van der Waals surface area contributed by atoms with Crippen LogP contribution in [0.25, 0.3) is 11.1 Å². The Morgan fingerprint density at radius 2 is 2.03 bits per heavy atom. The molecule has 1 N–H and O–H groups in total. The summed E-state index contributed by atoms with van der Waals surface area (Å²) in [4.78, 5) is 16.7. The van der Waals surface area contributed by atoms with Crippen LogP contribution < -0.4 is 10.5 Å². The van der Waals surface area contributed by atoms with E-state index < -0.39 is 15.8 Å². The van der Waals surface area contributed by atoms with E-state index in [0.29, 0.717) is 5.52 Å². The summed E-state index contributed by atoms with van der Waals surface area (Å²) in [5.74, 6) is -0.502. The molecule has 0 saturated carbocycles. The molecule has 1 atom stereocenters. The van der Waals surface area contributed by atoms with Gasteiger partial charge in [-0.2, -0.15) is 0 Å². The first kappa shape index (κ1) is 20.0. The fourth-order valence-corrected chi connectivity index (χ4v) is 6.14. The third-order valence-electron chi connectivity index (χ3n) is 5.82. The SMILES string of the molecule is C[C@H](c1cccc2c1CCCC2)n1c(=O)oc2cc(S(=O)(=O)Nc3nccs3)ccc21. The molecular formula is C22H21N3O4S2. The van der Waals surface area contributed by atoms with Crippen LogP contribution in [0, 0.1) is 0 Å². The average molecular weight is 456 g/mol. The van der Waals surface area contributed by atoms with E-state index in [1.165, 1.54) is 47.2 Å². The van der Waals surface area contributed by atoms with E-state index in [4.69, 9.17) is 4.42 Å². The topological polar surface area (TPSA) is 94.2 Å². The van der Waals surface area contributed by atoms with E-state index in [0.717, 1.165) is 24.8 Å². The molecule has 0 unspecified atom stereocenters. The summed E-state index contributed by atoms with van der Waals surface area (Å²) < 4.78 is 34.9. The first-order valence-corrected chi connectivity index (χ1v) is 12.5. The number of thiazole rings is 1. The maximum Gasteiger partial charge on any atom is 0.420 e. The third-order valence-corrected chi connectivity index (χ3v) is 7.97. The van der Waals surface area contributed by atoms with Crippen molar-refractivity contribution in [2.24, 2.45) is 0 Å². The van der Waals surface area contributed by atoms with Crippen molar-refractivity contribution < 1.29 is 12.8 Å². The number of benzene rings is 2. The van der Waals surface area contributed by atoms with E-state index in [-0.39, 0.29) is 21.7 Å². The van der Waals surface area contributed by atoms with Gasteiger partial charge in [-0.15, -0.1) is 11.3 Å². The lowest BCUT2D eigenvalue weighted by Gasteiger charge is -2.23. The minimum atomic E-state index is -3.84. The minimum Gasteiger partial charge on any atom is -0.408 e. The fraction of sp³-hybridized carbons (Fsp3) is 0.273. The normalized spacial score (nSPS) is 15.0. The monoisotopic (exact) mass is 455 g/mol. The lowest BCUT2D eigenvalue weighted by molar-refractivity contribution is 0.487. The van der Waals surface area contributed by atoms with Gasteiger partial charge in [-0.3, -0.25) is 9.29 Å². The van der Waals surface area contributed by atoms with Crippen LogP contribution >= 0.6 is 11.3 Å². The van der Waals surface area contributed by atoms with Crippen LogP contribution in [0.1, 0.15) is 42.5 Å². The molecule has 0 fully saturated rings. The van der Waals surface area contributed by atoms with Crippen molar-refractivity contribution >= 4 is 37.6 Å². The number of aromatic nitrogens is 2. The molecule has 0 amide bonds. The van der Waals surface area contributed by atoms with Crippen LogP contribution in [0.4, 0.5) is 5.13 Å². The first-order valence-electron chi connectivity index (χ1n) is 10.1. The largest absolute Gasteiger partial charge is 0.420 e. The molecule has 160 valence electrons. The van der Waals surface area contributed by atoms with E-state index in [2.05, 4.69) is 21.8 Å². The highest BCUT2D eigenvalue weighted by Gasteiger charge is 2.23. The van der Waals surface area contributed by atoms with Crippen molar-refractivity contribution in [1.82, 2.24) is 9.55 Å². The van der Waals surface area contributed by atoms with Gasteiger partial charge in [0.1, 0.15) is 0 Å². The third kappa shape index (κ3) is 3.57. The van der Waals surface area contributed by atoms with E-state index in [1.54, 1.807) is 16.0 Å². The van der Waals surface area contributed by atoms with Gasteiger partial charge in [-0.05, 0) is 61.4 Å². The Bertz CT molecular complexity index is 1420. The zero-order valence-corrected chi connectivity index (χ0v) is 18.5. The van der Waals surface area contributed by atoms with Crippen molar-refractivity contribution in [3.05, 3.63) is 75.2 Å². The van der Waals surface area contributed by atoms with Gasteiger partial charge >= 0.3 is 5.76 Å². The molecule has 0 aliphatic heterocycles. The van der Waals surface area contributed by atoms with Crippen LogP contribution in [-0.2, 0) is 22.9 Å². The van der Waals surface area contributed by atoms with Gasteiger partial charge in [0, 0.05) is 17.6 Å². The van der Waals surface area contributed by atoms with Crippen molar-refractivity contribution in [2.45, 2.75) is 43.5 Å². The second-order valence-electron chi connectivity index (χ2n) is 7.68. The van der Waals surface area contributed by atoms with Gasteiger partial charge in [-0.25, -0.2) is 18.2 Å². The van der Waals surface area contributed by atoms with E-state index in [9.17, 15) is 13.2 Å². The predicted octanol–water partition coefficient (Wildman–Crippen LogP) is 4.34. The lowest BCUT2D eigenvalue weighted by atomic mass is 9.86. The number of rotatable bonds is 5. The van der Waals surface area contributed by atoms with Gasteiger partial charge in [0.25, 0.3) is 10.0 Å². The molecule has 0 saturated heterocycles. The molecule has 5 rings (SSSR count). The summed E-state index contributed by atoms with van der Waals surface area (Å²) >= 11 is 1.19. The Morgan fingerprint density at radius 1 is 1.19 bits per heavy atom. The zero-order chi connectivity index (χ0) is 21.6. The summed E-state index contributed by atoms with van der Waals surface area (Å²) in [6.45, 7) is 1.98. The van der Waals surface area contributed by atoms with Gasteiger partial charge in [-0.1, -0.05) is 18.2 Å². The van der Waals surface area contributed by atoms with Gasteiger partial charge in [0.05, 0.1) is 16.5 Å². The zero-order valence-electron chi connectivity index (χ0n) is 16.9. The maximum atomic E-state index is 12.8. The highest BCUT2D eigenvalue weighted by atomic mass is 32.2.